The minimum absolute atomic E-state index is 0. The molecule has 0 saturated carbocycles. The largest absolute Gasteiger partial charge is 0 e. The SMILES string of the molecule is [B][B].[Fe].[Fe]. The summed E-state index contributed by atoms with van der Waals surface area (Å²) in [5.74, 6) is 0. The quantitative estimate of drug-likeness (QED) is 0.381. The molecule has 22 valence electrons. The standard InChI is InChI=1S/B2.2Fe/c1-2;;. The van der Waals surface area contributed by atoms with Gasteiger partial charge >= 0.3 is 0 Å². The first-order chi connectivity index (χ1) is 1.00. The monoisotopic (exact) mass is 134 g/mol. The van der Waals surface area contributed by atoms with Crippen LogP contribution in [-0.2, 0) is 34.1 Å². The second-order valence-electron chi connectivity index (χ2n) is 0. The van der Waals surface area contributed by atoms with Crippen LogP contribution in [0.5, 0.6) is 0 Å². The van der Waals surface area contributed by atoms with Crippen molar-refractivity contribution >= 4 is 15.5 Å². The molecule has 0 amide bonds. The zero-order chi connectivity index (χ0) is 2.00. The van der Waals surface area contributed by atoms with E-state index >= 15 is 0 Å². The molecule has 0 aromatic rings. The Bertz CT molecular complexity index is 4.00. The second-order valence-corrected chi connectivity index (χ2v) is 0. The summed E-state index contributed by atoms with van der Waals surface area (Å²) in [6.45, 7) is 0. The van der Waals surface area contributed by atoms with Gasteiger partial charge in [0.05, 0.1) is 0 Å². The van der Waals surface area contributed by atoms with Crippen LogP contribution in [0.4, 0.5) is 0 Å². The van der Waals surface area contributed by atoms with E-state index in [4.69, 9.17) is 0 Å². The molecule has 4 heteroatoms. The predicted octanol–water partition coefficient (Wildman–Crippen LogP) is -0.767. The van der Waals surface area contributed by atoms with Crippen molar-refractivity contribution in [1.29, 1.82) is 0 Å². The van der Waals surface area contributed by atoms with E-state index in [1.54, 1.807) is 0 Å². The summed E-state index contributed by atoms with van der Waals surface area (Å²) in [4.78, 5) is 0. The maximum absolute atomic E-state index is 4.00. The van der Waals surface area contributed by atoms with Gasteiger partial charge in [-0.15, -0.1) is 0 Å². The van der Waals surface area contributed by atoms with Crippen LogP contribution >= 0.6 is 0 Å². The first-order valence-corrected chi connectivity index (χ1v) is 0.333. The summed E-state index contributed by atoms with van der Waals surface area (Å²) in [7, 11) is 8.00. The van der Waals surface area contributed by atoms with Crippen molar-refractivity contribution in [3.05, 3.63) is 0 Å². The van der Waals surface area contributed by atoms with Crippen molar-refractivity contribution < 1.29 is 34.1 Å². The minimum Gasteiger partial charge on any atom is 0 e. The summed E-state index contributed by atoms with van der Waals surface area (Å²) >= 11 is 0. The van der Waals surface area contributed by atoms with Gasteiger partial charge in [0.15, 0.2) is 0 Å². The smallest absolute Gasteiger partial charge is 0 e. The van der Waals surface area contributed by atoms with Gasteiger partial charge in [-0.1, -0.05) is 0 Å². The van der Waals surface area contributed by atoms with Crippen LogP contribution in [0.1, 0.15) is 0 Å². The Kier molecular flexibility index (Phi) is 146. The average molecular weight is 133 g/mol. The molecular formula is B2Fe2. The van der Waals surface area contributed by atoms with Crippen molar-refractivity contribution in [3.63, 3.8) is 0 Å². The van der Waals surface area contributed by atoms with E-state index in [9.17, 15) is 0 Å². The molecule has 0 rings (SSSR count). The molecule has 4 radical (unpaired) electrons. The van der Waals surface area contributed by atoms with Gasteiger partial charge in [-0.25, -0.2) is 0 Å². The average Bonchev–Trinajstić information content (AvgIpc) is 1.00. The molecule has 0 aliphatic rings. The molecule has 0 aromatic heterocycles. The van der Waals surface area contributed by atoms with Crippen molar-refractivity contribution in [1.82, 2.24) is 0 Å². The Morgan fingerprint density at radius 3 is 0.750 bits per heavy atom. The third-order valence-electron chi connectivity index (χ3n) is 0. The molecule has 0 saturated heterocycles. The van der Waals surface area contributed by atoms with Crippen LogP contribution in [0.25, 0.3) is 0 Å². The molecular weight excluding hydrogens is 133 g/mol. The first kappa shape index (κ1) is 19.1. The van der Waals surface area contributed by atoms with E-state index in [2.05, 4.69) is 15.5 Å². The minimum atomic E-state index is 0. The molecule has 0 aromatic carbocycles. The number of hydrogen-bond donors (Lipinski definition) is 0. The summed E-state index contributed by atoms with van der Waals surface area (Å²) < 4.78 is 0. The number of hydrogen-bond acceptors (Lipinski definition) is 0. The van der Waals surface area contributed by atoms with E-state index in [0.29, 0.717) is 0 Å². The second kappa shape index (κ2) is 30.6. The zero-order valence-electron chi connectivity index (χ0n) is 1.86. The van der Waals surface area contributed by atoms with Gasteiger partial charge in [0.2, 0.25) is 0 Å². The van der Waals surface area contributed by atoms with Gasteiger partial charge in [-0.2, -0.15) is 0 Å². The third kappa shape index (κ3) is 10.9. The Morgan fingerprint density at radius 2 is 0.750 bits per heavy atom. The molecule has 0 spiro atoms. The Morgan fingerprint density at radius 1 is 0.750 bits per heavy atom. The molecule has 0 bridgehead atoms. The van der Waals surface area contributed by atoms with Gasteiger partial charge in [0, 0.05) is 49.6 Å². The molecule has 0 aliphatic heterocycles. The first-order valence-electron chi connectivity index (χ1n) is 0.333. The summed E-state index contributed by atoms with van der Waals surface area (Å²) in [5.41, 5.74) is 0. The van der Waals surface area contributed by atoms with Crippen molar-refractivity contribution in [2.45, 2.75) is 0 Å². The van der Waals surface area contributed by atoms with E-state index in [1.165, 1.54) is 0 Å². The van der Waals surface area contributed by atoms with Gasteiger partial charge in [-0.3, -0.25) is 0 Å². The molecule has 0 heterocycles. The molecule has 4 heavy (non-hydrogen) atoms. The topological polar surface area (TPSA) is 0 Å². The van der Waals surface area contributed by atoms with E-state index in [1.807, 2.05) is 0 Å². The van der Waals surface area contributed by atoms with Gasteiger partial charge < -0.3 is 0 Å². The Labute approximate surface area is 49.9 Å². The van der Waals surface area contributed by atoms with Crippen LogP contribution in [0, 0.1) is 0 Å². The van der Waals surface area contributed by atoms with Crippen LogP contribution in [0.3, 0.4) is 0 Å². The molecule has 0 unspecified atom stereocenters. The van der Waals surface area contributed by atoms with E-state index in [0.717, 1.165) is 0 Å². The van der Waals surface area contributed by atoms with E-state index < -0.39 is 0 Å². The van der Waals surface area contributed by atoms with Crippen molar-refractivity contribution in [2.24, 2.45) is 0 Å². The van der Waals surface area contributed by atoms with Gasteiger partial charge in [0.25, 0.3) is 0 Å². The summed E-state index contributed by atoms with van der Waals surface area (Å²) in [6, 6.07) is 0. The van der Waals surface area contributed by atoms with Crippen LogP contribution < -0.4 is 0 Å². The van der Waals surface area contributed by atoms with Crippen molar-refractivity contribution in [2.75, 3.05) is 0 Å². The van der Waals surface area contributed by atoms with E-state index in [-0.39, 0.29) is 34.1 Å². The van der Waals surface area contributed by atoms with Crippen LogP contribution in [0.2, 0.25) is 0 Å². The number of rotatable bonds is 0. The fraction of sp³-hybridized carbons (Fsp3) is 0. The Hall–Kier alpha value is 1.17. The van der Waals surface area contributed by atoms with Crippen LogP contribution in [-0.4, -0.2) is 15.5 Å². The molecule has 0 atom stereocenters. The summed E-state index contributed by atoms with van der Waals surface area (Å²) in [5, 5.41) is 0. The molecule has 0 N–H and O–H groups in total. The van der Waals surface area contributed by atoms with Gasteiger partial charge in [0.1, 0.15) is 0 Å². The maximum atomic E-state index is 4.00. The predicted molar refractivity (Wildman–Crippen MR) is 11.5 cm³/mol. The third-order valence-corrected chi connectivity index (χ3v) is 0. The zero-order valence-corrected chi connectivity index (χ0v) is 4.07. The molecule has 0 nitrogen and oxygen atoms in total. The van der Waals surface area contributed by atoms with Crippen LogP contribution in [0.15, 0.2) is 0 Å². The maximum Gasteiger partial charge on any atom is 0 e. The fourth-order valence-electron chi connectivity index (χ4n) is 0. The van der Waals surface area contributed by atoms with Gasteiger partial charge in [-0.05, 0) is 0 Å². The van der Waals surface area contributed by atoms with Crippen molar-refractivity contribution in [3.8, 4) is 0 Å². The summed E-state index contributed by atoms with van der Waals surface area (Å²) in [6.07, 6.45) is 0. The molecule has 0 fully saturated rings. The fourth-order valence-corrected chi connectivity index (χ4v) is 0. The normalized spacial score (nSPS) is 1.00. The Balaban J connectivity index is -0.00000000500. The molecule has 0 aliphatic carbocycles.